The molecule has 0 aromatic carbocycles. The second kappa shape index (κ2) is 6.72. The summed E-state index contributed by atoms with van der Waals surface area (Å²) in [5.74, 6) is 0.538. The third-order valence-electron chi connectivity index (χ3n) is 5.26. The van der Waals surface area contributed by atoms with Crippen LogP contribution in [0.3, 0.4) is 0 Å². The van der Waals surface area contributed by atoms with Crippen LogP contribution in [0.15, 0.2) is 18.3 Å². The molecule has 2 atom stereocenters. The van der Waals surface area contributed by atoms with Crippen molar-refractivity contribution in [2.45, 2.75) is 12.5 Å². The lowest BCUT2D eigenvalue weighted by Gasteiger charge is -2.29. The minimum absolute atomic E-state index is 0.538. The van der Waals surface area contributed by atoms with Crippen LogP contribution in [-0.2, 0) is 0 Å². The van der Waals surface area contributed by atoms with E-state index in [1.54, 1.807) is 9.42 Å². The highest BCUT2D eigenvalue weighted by atomic mass is 16.5. The minimum atomic E-state index is 0.538. The number of rotatable bonds is 6. The van der Waals surface area contributed by atoms with Gasteiger partial charge in [0, 0.05) is 20.3 Å². The van der Waals surface area contributed by atoms with Gasteiger partial charge in [0.05, 0.1) is 39.8 Å². The molecule has 138 valence electrons. The number of nitrogens with one attached hydrogen (secondary N) is 1. The van der Waals surface area contributed by atoms with E-state index in [2.05, 4.69) is 26.2 Å². The van der Waals surface area contributed by atoms with Gasteiger partial charge in [0.1, 0.15) is 36.9 Å². The molecule has 7 heteroatoms. The fraction of sp³-hybridized carbons (Fsp3) is 0.611. The maximum Gasteiger partial charge on any atom is 0.257 e. The van der Waals surface area contributed by atoms with E-state index in [0.717, 1.165) is 28.3 Å². The summed E-state index contributed by atoms with van der Waals surface area (Å²) in [7, 11) is 10.9. The van der Waals surface area contributed by atoms with E-state index < -0.39 is 0 Å². The zero-order valence-corrected chi connectivity index (χ0v) is 16.1. The minimum Gasteiger partial charge on any atom is -0.469 e. The topological polar surface area (TPSA) is 60.2 Å². The molecule has 1 aliphatic rings. The summed E-state index contributed by atoms with van der Waals surface area (Å²) in [6, 6.07) is 4.74. The Hall–Kier alpha value is -1.99. The van der Waals surface area contributed by atoms with E-state index in [-0.39, 0.29) is 0 Å². The Morgan fingerprint density at radius 3 is 2.80 bits per heavy atom. The Kier molecular flexibility index (Phi) is 4.79. The number of nitrogen functional groups attached to an aromatic ring is 1. The summed E-state index contributed by atoms with van der Waals surface area (Å²) in [5, 5.41) is 4.50. The van der Waals surface area contributed by atoms with Crippen molar-refractivity contribution in [3.8, 4) is 5.88 Å². The molecular formula is C18H32N6O+2. The lowest BCUT2D eigenvalue weighted by molar-refractivity contribution is -0.935. The number of likely N-dealkylation sites (N-methyl/N-ethyl adjacent to an activating group) is 1. The van der Waals surface area contributed by atoms with Gasteiger partial charge in [-0.25, -0.2) is 4.52 Å². The Labute approximate surface area is 150 Å². The summed E-state index contributed by atoms with van der Waals surface area (Å²) in [5.41, 5.74) is 8.87. The standard InChI is InChI=1S/C18H31N6O/c1-21(2)15-7-6-9-23-17(15)16(19)18(20-23)25-12-11-22-10-8-14(13-22)24(3,4)5/h6-7,9,14H,8,10-13,19H2,1-5H3/q+1/p+1. The van der Waals surface area contributed by atoms with Crippen molar-refractivity contribution in [1.82, 2.24) is 9.61 Å². The smallest absolute Gasteiger partial charge is 0.257 e. The van der Waals surface area contributed by atoms with Crippen LogP contribution in [0, 0.1) is 0 Å². The maximum absolute atomic E-state index is 6.31. The highest BCUT2D eigenvalue weighted by Crippen LogP contribution is 2.31. The molecule has 0 bridgehead atoms. The van der Waals surface area contributed by atoms with E-state index in [1.807, 2.05) is 37.3 Å². The van der Waals surface area contributed by atoms with Gasteiger partial charge in [0.2, 0.25) is 0 Å². The fourth-order valence-corrected chi connectivity index (χ4v) is 3.64. The predicted octanol–water partition coefficient (Wildman–Crippen LogP) is -0.275. The second-order valence-electron chi connectivity index (χ2n) is 8.16. The largest absolute Gasteiger partial charge is 0.469 e. The van der Waals surface area contributed by atoms with Crippen LogP contribution in [0.1, 0.15) is 6.42 Å². The van der Waals surface area contributed by atoms with Crippen LogP contribution < -0.4 is 20.3 Å². The molecule has 7 nitrogen and oxygen atoms in total. The number of likely N-dealkylation sites (tertiary alicyclic amines) is 1. The molecule has 0 radical (unpaired) electrons. The molecule has 3 rings (SSSR count). The second-order valence-corrected chi connectivity index (χ2v) is 8.16. The van der Waals surface area contributed by atoms with Gasteiger partial charge >= 0.3 is 0 Å². The molecule has 2 aromatic heterocycles. The van der Waals surface area contributed by atoms with Gasteiger partial charge in [0.25, 0.3) is 5.88 Å². The number of nitrogens with two attached hydrogens (primary N) is 1. The van der Waals surface area contributed by atoms with E-state index in [9.17, 15) is 0 Å². The molecule has 0 saturated carbocycles. The normalized spacial score (nSPS) is 21.0. The lowest BCUT2D eigenvalue weighted by Crippen LogP contribution is -3.11. The van der Waals surface area contributed by atoms with E-state index in [1.165, 1.54) is 19.5 Å². The summed E-state index contributed by atoms with van der Waals surface area (Å²) in [4.78, 5) is 3.64. The van der Waals surface area contributed by atoms with Crippen LogP contribution in [0.4, 0.5) is 11.4 Å². The summed E-state index contributed by atoms with van der Waals surface area (Å²) in [6.07, 6.45) is 3.19. The van der Waals surface area contributed by atoms with Crippen molar-refractivity contribution in [3.63, 3.8) is 0 Å². The Morgan fingerprint density at radius 1 is 1.40 bits per heavy atom. The molecule has 0 spiro atoms. The number of aromatic nitrogens is 2. The molecule has 2 unspecified atom stereocenters. The van der Waals surface area contributed by atoms with Crippen molar-refractivity contribution in [3.05, 3.63) is 18.3 Å². The number of pyridine rings is 1. The number of anilines is 2. The van der Waals surface area contributed by atoms with Crippen molar-refractivity contribution in [2.75, 3.05) is 72.1 Å². The van der Waals surface area contributed by atoms with Crippen molar-refractivity contribution >= 4 is 16.9 Å². The highest BCUT2D eigenvalue weighted by molar-refractivity contribution is 5.87. The first-order chi connectivity index (χ1) is 11.8. The van der Waals surface area contributed by atoms with Gasteiger partial charge in [-0.3, -0.25) is 0 Å². The maximum atomic E-state index is 6.31. The van der Waals surface area contributed by atoms with Crippen molar-refractivity contribution < 1.29 is 14.1 Å². The van der Waals surface area contributed by atoms with Gasteiger partial charge in [-0.2, -0.15) is 0 Å². The molecule has 2 aromatic rings. The average molecular weight is 348 g/mol. The first-order valence-electron chi connectivity index (χ1n) is 8.99. The summed E-state index contributed by atoms with van der Waals surface area (Å²) >= 11 is 0. The summed E-state index contributed by atoms with van der Waals surface area (Å²) < 4.78 is 8.78. The van der Waals surface area contributed by atoms with Crippen LogP contribution in [-0.4, -0.2) is 81.6 Å². The zero-order chi connectivity index (χ0) is 18.2. The molecule has 0 aliphatic carbocycles. The number of ether oxygens (including phenoxy) is 1. The molecule has 1 saturated heterocycles. The third-order valence-corrected chi connectivity index (χ3v) is 5.26. The molecule has 1 fully saturated rings. The number of nitrogens with zero attached hydrogens (tertiary/aromatic N) is 4. The number of hydrogen-bond acceptors (Lipinski definition) is 4. The van der Waals surface area contributed by atoms with Gasteiger partial charge in [-0.15, -0.1) is 5.10 Å². The Balaban J connectivity index is 1.63. The molecule has 0 amide bonds. The molecule has 1 aliphatic heterocycles. The van der Waals surface area contributed by atoms with E-state index in [4.69, 9.17) is 10.5 Å². The predicted molar refractivity (Wildman–Crippen MR) is 101 cm³/mol. The molecule has 3 N–H and O–H groups in total. The zero-order valence-electron chi connectivity index (χ0n) is 16.1. The van der Waals surface area contributed by atoms with Gasteiger partial charge in [-0.05, 0) is 12.1 Å². The van der Waals surface area contributed by atoms with Crippen LogP contribution in [0.2, 0.25) is 0 Å². The van der Waals surface area contributed by atoms with Crippen LogP contribution in [0.25, 0.3) is 5.52 Å². The lowest BCUT2D eigenvalue weighted by atomic mass is 10.2. The first-order valence-corrected chi connectivity index (χ1v) is 8.99. The van der Waals surface area contributed by atoms with Crippen molar-refractivity contribution in [1.29, 1.82) is 0 Å². The van der Waals surface area contributed by atoms with E-state index >= 15 is 0 Å². The quantitative estimate of drug-likeness (QED) is 0.706. The van der Waals surface area contributed by atoms with Gasteiger partial charge < -0.3 is 24.8 Å². The third kappa shape index (κ3) is 3.67. The monoisotopic (exact) mass is 348 g/mol. The number of fused-ring (bicyclic) bond motifs is 1. The number of hydrogen-bond donors (Lipinski definition) is 2. The molecule has 3 heterocycles. The fourth-order valence-electron chi connectivity index (χ4n) is 3.64. The SMILES string of the molecule is CN(C)c1cccn2nc(OCC[NH+]3CCC([N+](C)(C)C)C3)c(N)c12. The molecule has 25 heavy (non-hydrogen) atoms. The molecular weight excluding hydrogens is 316 g/mol. The first kappa shape index (κ1) is 17.8. The van der Waals surface area contributed by atoms with Crippen LogP contribution in [0.5, 0.6) is 5.88 Å². The van der Waals surface area contributed by atoms with Gasteiger partial charge in [0.15, 0.2) is 0 Å². The number of quaternary nitrogens is 2. The average Bonchev–Trinajstić information content (AvgIpc) is 3.13. The summed E-state index contributed by atoms with van der Waals surface area (Å²) in [6.45, 7) is 4.06. The highest BCUT2D eigenvalue weighted by Gasteiger charge is 2.35. The van der Waals surface area contributed by atoms with Crippen LogP contribution >= 0.6 is 0 Å². The Bertz CT molecular complexity index is 733. The Morgan fingerprint density at radius 2 is 2.16 bits per heavy atom. The van der Waals surface area contributed by atoms with E-state index in [0.29, 0.717) is 18.2 Å². The van der Waals surface area contributed by atoms with Gasteiger partial charge in [-0.1, -0.05) is 0 Å². The van der Waals surface area contributed by atoms with Crippen molar-refractivity contribution in [2.24, 2.45) is 0 Å².